The maximum Gasteiger partial charge on any atom is 0.284 e. The average Bonchev–Trinajstić information content (AvgIpc) is 2.82. The number of nitrogens with zero attached hydrogens (tertiary/aromatic N) is 3. The SMILES string of the molecule is Cc1nc(Sc2ccc(S(=O)(=O)N3CCCCCC3)cc2[N+](=O)[O-])oc1C. The van der Waals surface area contributed by atoms with Gasteiger partial charge in [0.1, 0.15) is 5.76 Å². The standard InChI is InChI=1S/C17H21N3O5S2/c1-12-13(2)25-17(18-12)26-16-8-7-14(11-15(16)20(21)22)27(23,24)19-9-5-3-4-6-10-19/h7-8,11H,3-6,9-10H2,1-2H3. The highest BCUT2D eigenvalue weighted by Gasteiger charge is 2.28. The third-order valence-electron chi connectivity index (χ3n) is 4.54. The summed E-state index contributed by atoms with van der Waals surface area (Å²) in [7, 11) is -3.75. The minimum Gasteiger partial charge on any atom is -0.436 e. The van der Waals surface area contributed by atoms with Gasteiger partial charge in [-0.1, -0.05) is 12.8 Å². The number of nitro benzene ring substituents is 1. The highest BCUT2D eigenvalue weighted by Crippen LogP contribution is 2.37. The maximum atomic E-state index is 12.9. The van der Waals surface area contributed by atoms with Crippen molar-refractivity contribution >= 4 is 27.5 Å². The van der Waals surface area contributed by atoms with Crippen molar-refractivity contribution in [2.75, 3.05) is 13.1 Å². The van der Waals surface area contributed by atoms with Crippen molar-refractivity contribution in [3.8, 4) is 0 Å². The first-order valence-electron chi connectivity index (χ1n) is 8.69. The van der Waals surface area contributed by atoms with Gasteiger partial charge in [-0.05, 0) is 50.6 Å². The van der Waals surface area contributed by atoms with Crippen molar-refractivity contribution in [1.82, 2.24) is 9.29 Å². The summed E-state index contributed by atoms with van der Waals surface area (Å²) < 4.78 is 32.7. The second-order valence-corrected chi connectivity index (χ2v) is 9.36. The van der Waals surface area contributed by atoms with Gasteiger partial charge in [0.15, 0.2) is 0 Å². The fraction of sp³-hybridized carbons (Fsp3) is 0.471. The minimum absolute atomic E-state index is 0.0554. The Hall–Kier alpha value is -1.91. The zero-order valence-corrected chi connectivity index (χ0v) is 16.8. The molecule has 1 fully saturated rings. The Morgan fingerprint density at radius 1 is 1.19 bits per heavy atom. The fourth-order valence-corrected chi connectivity index (χ4v) is 5.35. The van der Waals surface area contributed by atoms with Crippen molar-refractivity contribution in [2.24, 2.45) is 0 Å². The Bertz CT molecular complexity index is 928. The van der Waals surface area contributed by atoms with Crippen LogP contribution in [0.25, 0.3) is 0 Å². The molecule has 1 aromatic heterocycles. The third-order valence-corrected chi connectivity index (χ3v) is 7.35. The van der Waals surface area contributed by atoms with E-state index in [1.165, 1.54) is 16.4 Å². The predicted octanol–water partition coefficient (Wildman–Crippen LogP) is 3.92. The molecule has 2 heterocycles. The van der Waals surface area contributed by atoms with E-state index in [-0.39, 0.29) is 20.7 Å². The Kier molecular flexibility index (Phi) is 5.87. The number of aromatic nitrogens is 1. The summed E-state index contributed by atoms with van der Waals surface area (Å²) in [4.78, 5) is 15.4. The van der Waals surface area contributed by atoms with Crippen LogP contribution < -0.4 is 0 Å². The van der Waals surface area contributed by atoms with E-state index in [1.807, 2.05) is 0 Å². The molecule has 27 heavy (non-hydrogen) atoms. The summed E-state index contributed by atoms with van der Waals surface area (Å²) in [5.74, 6) is 0.639. The van der Waals surface area contributed by atoms with E-state index in [4.69, 9.17) is 4.42 Å². The molecule has 1 aromatic carbocycles. The molecule has 3 rings (SSSR count). The molecule has 0 spiro atoms. The van der Waals surface area contributed by atoms with Crippen LogP contribution in [0, 0.1) is 24.0 Å². The first kappa shape index (κ1) is 19.8. The van der Waals surface area contributed by atoms with Gasteiger partial charge in [0, 0.05) is 19.2 Å². The normalized spacial score (nSPS) is 16.2. The summed E-state index contributed by atoms with van der Waals surface area (Å²) >= 11 is 1.01. The molecule has 0 aliphatic carbocycles. The monoisotopic (exact) mass is 411 g/mol. The smallest absolute Gasteiger partial charge is 0.284 e. The van der Waals surface area contributed by atoms with Gasteiger partial charge >= 0.3 is 0 Å². The van der Waals surface area contributed by atoms with Crippen molar-refractivity contribution in [3.05, 3.63) is 39.8 Å². The van der Waals surface area contributed by atoms with Crippen LogP contribution in [0.5, 0.6) is 0 Å². The largest absolute Gasteiger partial charge is 0.436 e. The van der Waals surface area contributed by atoms with E-state index in [2.05, 4.69) is 4.98 Å². The van der Waals surface area contributed by atoms with Crippen LogP contribution in [-0.2, 0) is 10.0 Å². The number of sulfonamides is 1. The quantitative estimate of drug-likeness (QED) is 0.542. The van der Waals surface area contributed by atoms with Crippen LogP contribution in [0.2, 0.25) is 0 Å². The highest BCUT2D eigenvalue weighted by molar-refractivity contribution is 7.99. The number of hydrogen-bond donors (Lipinski definition) is 0. The van der Waals surface area contributed by atoms with Crippen molar-refractivity contribution < 1.29 is 17.8 Å². The lowest BCUT2D eigenvalue weighted by atomic mass is 10.2. The Morgan fingerprint density at radius 3 is 2.41 bits per heavy atom. The summed E-state index contributed by atoms with van der Waals surface area (Å²) in [5.41, 5.74) is 0.435. The van der Waals surface area contributed by atoms with Gasteiger partial charge in [-0.3, -0.25) is 10.1 Å². The maximum absolute atomic E-state index is 12.9. The van der Waals surface area contributed by atoms with Crippen molar-refractivity contribution in [3.63, 3.8) is 0 Å². The lowest BCUT2D eigenvalue weighted by Crippen LogP contribution is -2.31. The zero-order valence-electron chi connectivity index (χ0n) is 15.2. The molecule has 2 aromatic rings. The first-order chi connectivity index (χ1) is 12.8. The fourth-order valence-electron chi connectivity index (χ4n) is 2.90. The van der Waals surface area contributed by atoms with E-state index >= 15 is 0 Å². The van der Waals surface area contributed by atoms with Crippen LogP contribution in [0.15, 0.2) is 37.6 Å². The molecule has 10 heteroatoms. The molecule has 1 saturated heterocycles. The highest BCUT2D eigenvalue weighted by atomic mass is 32.2. The molecule has 0 saturated carbocycles. The summed E-state index contributed by atoms with van der Waals surface area (Å²) in [5, 5.41) is 11.8. The number of hydrogen-bond acceptors (Lipinski definition) is 7. The van der Waals surface area contributed by atoms with Gasteiger partial charge in [-0.15, -0.1) is 0 Å². The predicted molar refractivity (Wildman–Crippen MR) is 100 cm³/mol. The van der Waals surface area contributed by atoms with E-state index in [0.29, 0.717) is 24.5 Å². The summed E-state index contributed by atoms with van der Waals surface area (Å²) in [6.45, 7) is 4.44. The van der Waals surface area contributed by atoms with E-state index in [0.717, 1.165) is 43.5 Å². The molecule has 0 atom stereocenters. The number of rotatable bonds is 5. The average molecular weight is 412 g/mol. The molecular weight excluding hydrogens is 390 g/mol. The van der Waals surface area contributed by atoms with Crippen LogP contribution in [0.3, 0.4) is 0 Å². The molecule has 1 aliphatic rings. The topological polar surface area (TPSA) is 107 Å². The Morgan fingerprint density at radius 2 is 1.85 bits per heavy atom. The first-order valence-corrected chi connectivity index (χ1v) is 10.9. The number of nitro groups is 1. The molecule has 1 aliphatic heterocycles. The summed E-state index contributed by atoms with van der Waals surface area (Å²) in [6.07, 6.45) is 3.60. The van der Waals surface area contributed by atoms with Crippen LogP contribution in [0.4, 0.5) is 5.69 Å². The van der Waals surface area contributed by atoms with Gasteiger partial charge in [0.25, 0.3) is 10.9 Å². The minimum atomic E-state index is -3.75. The molecule has 0 unspecified atom stereocenters. The van der Waals surface area contributed by atoms with Gasteiger partial charge < -0.3 is 4.42 Å². The van der Waals surface area contributed by atoms with Crippen LogP contribution in [0.1, 0.15) is 37.1 Å². The van der Waals surface area contributed by atoms with Gasteiger partial charge in [0.05, 0.1) is 20.4 Å². The van der Waals surface area contributed by atoms with Crippen molar-refractivity contribution in [1.29, 1.82) is 0 Å². The Labute approximate surface area is 162 Å². The molecule has 8 nitrogen and oxygen atoms in total. The van der Waals surface area contributed by atoms with E-state index in [9.17, 15) is 18.5 Å². The Balaban J connectivity index is 1.94. The molecule has 0 N–H and O–H groups in total. The number of aryl methyl sites for hydroxylation is 2. The number of oxazole rings is 1. The van der Waals surface area contributed by atoms with Gasteiger partial charge in [-0.25, -0.2) is 13.4 Å². The molecule has 0 radical (unpaired) electrons. The third kappa shape index (κ3) is 4.33. The zero-order chi connectivity index (χ0) is 19.6. The lowest BCUT2D eigenvalue weighted by molar-refractivity contribution is -0.388. The summed E-state index contributed by atoms with van der Waals surface area (Å²) in [6, 6.07) is 3.99. The second kappa shape index (κ2) is 7.99. The van der Waals surface area contributed by atoms with Gasteiger partial charge in [0.2, 0.25) is 10.0 Å². The van der Waals surface area contributed by atoms with Crippen LogP contribution in [-0.4, -0.2) is 35.7 Å². The van der Waals surface area contributed by atoms with E-state index < -0.39 is 14.9 Å². The van der Waals surface area contributed by atoms with Crippen LogP contribution >= 0.6 is 11.8 Å². The molecule has 0 amide bonds. The lowest BCUT2D eigenvalue weighted by Gasteiger charge is -2.20. The van der Waals surface area contributed by atoms with Gasteiger partial charge in [-0.2, -0.15) is 4.31 Å². The second-order valence-electron chi connectivity index (χ2n) is 6.43. The van der Waals surface area contributed by atoms with Crippen molar-refractivity contribution in [2.45, 2.75) is 54.5 Å². The molecular formula is C17H21N3O5S2. The van der Waals surface area contributed by atoms with E-state index in [1.54, 1.807) is 13.8 Å². The number of benzene rings is 1. The molecule has 146 valence electrons. The molecule has 0 bridgehead atoms.